The lowest BCUT2D eigenvalue weighted by Gasteiger charge is -2.34. The van der Waals surface area contributed by atoms with Crippen LogP contribution in [0.25, 0.3) is 0 Å². The Bertz CT molecular complexity index is 1160. The molecule has 0 aliphatic rings. The zero-order chi connectivity index (χ0) is 26.3. The van der Waals surface area contributed by atoms with Gasteiger partial charge in [-0.1, -0.05) is 67.4 Å². The van der Waals surface area contributed by atoms with Crippen molar-refractivity contribution in [1.82, 2.24) is 10.2 Å². The molecule has 1 N–H and O–H groups in total. The number of rotatable bonds is 11. The summed E-state index contributed by atoms with van der Waals surface area (Å²) in [6.07, 6.45) is 2.09. The van der Waals surface area contributed by atoms with E-state index < -0.39 is 28.5 Å². The molecule has 0 bridgehead atoms. The number of hydrogen-bond acceptors (Lipinski definition) is 4. The second-order valence-electron chi connectivity index (χ2n) is 8.53. The van der Waals surface area contributed by atoms with E-state index in [2.05, 4.69) is 5.32 Å². The Morgan fingerprint density at radius 3 is 2.26 bits per heavy atom. The Morgan fingerprint density at radius 1 is 1.03 bits per heavy atom. The van der Waals surface area contributed by atoms with Gasteiger partial charge in [0.25, 0.3) is 0 Å². The second kappa shape index (κ2) is 12.6. The number of nitrogens with zero attached hydrogens (tertiary/aromatic N) is 2. The van der Waals surface area contributed by atoms with Gasteiger partial charge < -0.3 is 10.2 Å². The molecular weight excluding hydrogens is 509 g/mol. The van der Waals surface area contributed by atoms with E-state index in [-0.39, 0.29) is 34.2 Å². The summed E-state index contributed by atoms with van der Waals surface area (Å²) >= 11 is 12.4. The summed E-state index contributed by atoms with van der Waals surface area (Å²) in [5, 5.41) is 3.14. The lowest BCUT2D eigenvalue weighted by atomic mass is 10.1. The Hall–Kier alpha value is -2.29. The maximum absolute atomic E-state index is 13.7. The van der Waals surface area contributed by atoms with Gasteiger partial charge in [-0.15, -0.1) is 0 Å². The predicted molar refractivity (Wildman–Crippen MR) is 142 cm³/mol. The fraction of sp³-hybridized carbons (Fsp3) is 0.440. The Kier molecular flexibility index (Phi) is 10.4. The van der Waals surface area contributed by atoms with Crippen molar-refractivity contribution in [2.75, 3.05) is 17.1 Å². The smallest absolute Gasteiger partial charge is 0.244 e. The molecule has 0 saturated carbocycles. The van der Waals surface area contributed by atoms with E-state index in [1.54, 1.807) is 6.07 Å². The molecule has 2 aromatic carbocycles. The van der Waals surface area contributed by atoms with Gasteiger partial charge in [-0.25, -0.2) is 8.42 Å². The highest BCUT2D eigenvalue weighted by molar-refractivity contribution is 7.92. The van der Waals surface area contributed by atoms with Gasteiger partial charge >= 0.3 is 0 Å². The number of anilines is 1. The molecule has 2 rings (SSSR count). The quantitative estimate of drug-likeness (QED) is 0.443. The highest BCUT2D eigenvalue weighted by Crippen LogP contribution is 2.33. The first-order valence-corrected chi connectivity index (χ1v) is 14.1. The molecule has 0 heterocycles. The molecular formula is C25H33Cl2N3O4S. The molecule has 2 aromatic rings. The third-order valence-electron chi connectivity index (χ3n) is 5.87. The third-order valence-corrected chi connectivity index (χ3v) is 7.80. The molecule has 0 radical (unpaired) electrons. The van der Waals surface area contributed by atoms with Gasteiger partial charge in [0.05, 0.1) is 22.0 Å². The summed E-state index contributed by atoms with van der Waals surface area (Å²) in [5.74, 6) is -0.809. The van der Waals surface area contributed by atoms with E-state index in [0.717, 1.165) is 28.1 Å². The Balaban J connectivity index is 2.50. The van der Waals surface area contributed by atoms with Crippen LogP contribution in [0.3, 0.4) is 0 Å². The van der Waals surface area contributed by atoms with E-state index in [9.17, 15) is 18.0 Å². The van der Waals surface area contributed by atoms with Crippen LogP contribution in [-0.4, -0.2) is 50.0 Å². The van der Waals surface area contributed by atoms with Crippen LogP contribution in [-0.2, 0) is 26.2 Å². The topological polar surface area (TPSA) is 86.8 Å². The van der Waals surface area contributed by atoms with Gasteiger partial charge in [0.15, 0.2) is 0 Å². The fourth-order valence-electron chi connectivity index (χ4n) is 3.61. The van der Waals surface area contributed by atoms with Crippen LogP contribution >= 0.6 is 23.2 Å². The Labute approximate surface area is 218 Å². The molecule has 0 saturated heterocycles. The second-order valence-corrected chi connectivity index (χ2v) is 11.2. The number of hydrogen-bond donors (Lipinski definition) is 1. The van der Waals surface area contributed by atoms with E-state index in [1.807, 2.05) is 52.0 Å². The lowest BCUT2D eigenvalue weighted by Crippen LogP contribution is -2.53. The molecule has 0 aliphatic carbocycles. The number of aryl methyl sites for hydroxylation is 1. The lowest BCUT2D eigenvalue weighted by molar-refractivity contribution is -0.140. The first-order chi connectivity index (χ1) is 16.4. The first-order valence-electron chi connectivity index (χ1n) is 11.5. The van der Waals surface area contributed by atoms with Crippen molar-refractivity contribution in [3.8, 4) is 0 Å². The summed E-state index contributed by atoms with van der Waals surface area (Å²) in [6, 6.07) is 11.3. The minimum absolute atomic E-state index is 0.0272. The van der Waals surface area contributed by atoms with Crippen LogP contribution in [0.15, 0.2) is 42.5 Å². The van der Waals surface area contributed by atoms with Crippen molar-refractivity contribution >= 4 is 50.7 Å². The third kappa shape index (κ3) is 7.59. The molecule has 0 aliphatic heterocycles. The van der Waals surface area contributed by atoms with Crippen molar-refractivity contribution < 1.29 is 18.0 Å². The highest BCUT2D eigenvalue weighted by atomic mass is 35.5. The number of sulfonamides is 1. The minimum atomic E-state index is -3.90. The van der Waals surface area contributed by atoms with Crippen molar-refractivity contribution in [2.45, 2.75) is 59.2 Å². The highest BCUT2D eigenvalue weighted by Gasteiger charge is 2.33. The summed E-state index contributed by atoms with van der Waals surface area (Å²) < 4.78 is 26.3. The van der Waals surface area contributed by atoms with Gasteiger partial charge in [-0.3, -0.25) is 13.9 Å². The molecule has 2 atom stereocenters. The molecule has 7 nitrogen and oxygen atoms in total. The minimum Gasteiger partial charge on any atom is -0.352 e. The van der Waals surface area contributed by atoms with Crippen molar-refractivity contribution in [3.63, 3.8) is 0 Å². The number of carbonyl (C=O) groups is 2. The first kappa shape index (κ1) is 28.9. The average Bonchev–Trinajstić information content (AvgIpc) is 2.79. The standard InChI is InChI=1S/C25H33Cl2N3O4S/c1-6-18(4)28-25(32)21(7-2)29(15-19-12-9-8-11-17(19)3)23(31)16-30(35(5,33)34)22-14-10-13-20(26)24(22)27/h8-14,18,21H,6-7,15-16H2,1-5H3,(H,28,32)/t18-,21+/m0/s1. The monoisotopic (exact) mass is 541 g/mol. The summed E-state index contributed by atoms with van der Waals surface area (Å²) in [6.45, 7) is 7.22. The molecule has 10 heteroatoms. The summed E-state index contributed by atoms with van der Waals surface area (Å²) in [4.78, 5) is 28.3. The van der Waals surface area contributed by atoms with Gasteiger partial charge in [-0.2, -0.15) is 0 Å². The van der Waals surface area contributed by atoms with Crippen LogP contribution in [0.4, 0.5) is 5.69 Å². The van der Waals surface area contributed by atoms with Crippen LogP contribution < -0.4 is 9.62 Å². The van der Waals surface area contributed by atoms with E-state index in [1.165, 1.54) is 17.0 Å². The van der Waals surface area contributed by atoms with E-state index in [4.69, 9.17) is 23.2 Å². The molecule has 0 aromatic heterocycles. The van der Waals surface area contributed by atoms with Crippen LogP contribution in [0.1, 0.15) is 44.7 Å². The van der Waals surface area contributed by atoms with Crippen LogP contribution in [0.5, 0.6) is 0 Å². The maximum atomic E-state index is 13.7. The Morgan fingerprint density at radius 2 is 1.69 bits per heavy atom. The summed E-state index contributed by atoms with van der Waals surface area (Å²) in [7, 11) is -3.90. The molecule has 0 fully saturated rings. The largest absolute Gasteiger partial charge is 0.352 e. The zero-order valence-electron chi connectivity index (χ0n) is 20.7. The number of halogens is 2. The number of amides is 2. The number of benzene rings is 2. The number of nitrogens with one attached hydrogen (secondary N) is 1. The molecule has 0 unspecified atom stereocenters. The van der Waals surface area contributed by atoms with Gasteiger partial charge in [0, 0.05) is 12.6 Å². The fourth-order valence-corrected chi connectivity index (χ4v) is 4.91. The maximum Gasteiger partial charge on any atom is 0.244 e. The average molecular weight is 543 g/mol. The number of carbonyl (C=O) groups excluding carboxylic acids is 2. The molecule has 192 valence electrons. The normalized spacial score (nSPS) is 13.1. The molecule has 0 spiro atoms. The SMILES string of the molecule is CC[C@H](C(=O)N[C@@H](C)CC)N(Cc1ccccc1C)C(=O)CN(c1cccc(Cl)c1Cl)S(C)(=O)=O. The molecule has 2 amide bonds. The predicted octanol–water partition coefficient (Wildman–Crippen LogP) is 4.79. The van der Waals surface area contributed by atoms with Gasteiger partial charge in [0.1, 0.15) is 12.6 Å². The van der Waals surface area contributed by atoms with Crippen LogP contribution in [0.2, 0.25) is 10.0 Å². The van der Waals surface area contributed by atoms with Crippen molar-refractivity contribution in [2.24, 2.45) is 0 Å². The summed E-state index contributed by atoms with van der Waals surface area (Å²) in [5.41, 5.74) is 1.92. The van der Waals surface area contributed by atoms with E-state index >= 15 is 0 Å². The van der Waals surface area contributed by atoms with Crippen LogP contribution in [0, 0.1) is 6.92 Å². The molecule has 35 heavy (non-hydrogen) atoms. The van der Waals surface area contributed by atoms with Gasteiger partial charge in [-0.05, 0) is 49.9 Å². The van der Waals surface area contributed by atoms with Gasteiger partial charge in [0.2, 0.25) is 21.8 Å². The zero-order valence-corrected chi connectivity index (χ0v) is 23.0. The van der Waals surface area contributed by atoms with Crippen molar-refractivity contribution in [1.29, 1.82) is 0 Å². The van der Waals surface area contributed by atoms with E-state index in [0.29, 0.717) is 6.42 Å². The van der Waals surface area contributed by atoms with Crippen molar-refractivity contribution in [3.05, 3.63) is 63.6 Å².